The minimum Gasteiger partial charge on any atom is -0.395 e. The summed E-state index contributed by atoms with van der Waals surface area (Å²) in [7, 11) is -9.35. The number of benzene rings is 5. The Balaban J connectivity index is 1.35. The molecule has 0 aliphatic rings. The van der Waals surface area contributed by atoms with Gasteiger partial charge in [-0.2, -0.15) is 27.4 Å². The van der Waals surface area contributed by atoms with E-state index in [0.717, 1.165) is 17.4 Å². The molecule has 2 aromatic heterocycles. The highest BCUT2D eigenvalue weighted by Crippen LogP contribution is 2.49. The first-order valence-corrected chi connectivity index (χ1v) is 24.7. The van der Waals surface area contributed by atoms with E-state index in [0.29, 0.717) is 27.3 Å². The standard InChI is InChI=1S/C45H35Cl2N11O9S3/c1-25-34(23-48)41(51-31-15-16-36(47)38(22-31)70(65,66)67)53-42(50-29-13-8-28(46)9-14-29)40(25)55-56-43-35(24-49)39(27-6-10-30(11-7-27)52-45(61)58(17-19-59)18-20-60)44(68-43)57-54-32-12-5-26-3-2-4-37(33(26)21-32)69(62,63)64/h2-16,21-22,59-60H,17-20H2,1H3,(H,52,61)(H2,50,51,53)(H,62,63,64)(H,65,66,67). The Morgan fingerprint density at radius 2 is 1.36 bits per heavy atom. The molecule has 0 aliphatic heterocycles. The van der Waals surface area contributed by atoms with Crippen LogP contribution in [-0.2, 0) is 20.2 Å². The van der Waals surface area contributed by atoms with E-state index in [1.165, 1.54) is 35.2 Å². The highest BCUT2D eigenvalue weighted by molar-refractivity contribution is 7.86. The number of hydrogen-bond acceptors (Lipinski definition) is 17. The lowest BCUT2D eigenvalue weighted by atomic mass is 10.0. The van der Waals surface area contributed by atoms with Gasteiger partial charge in [0.2, 0.25) is 0 Å². The maximum absolute atomic E-state index is 12.9. The molecule has 2 amide bonds. The van der Waals surface area contributed by atoms with Crippen LogP contribution in [0.1, 0.15) is 16.7 Å². The lowest BCUT2D eigenvalue weighted by Crippen LogP contribution is -2.38. The lowest BCUT2D eigenvalue weighted by Gasteiger charge is -2.21. The topological polar surface area (TPSA) is 316 Å². The fraction of sp³-hybridized carbons (Fsp3) is 0.111. The molecule has 70 heavy (non-hydrogen) atoms. The third-order valence-electron chi connectivity index (χ3n) is 10.1. The van der Waals surface area contributed by atoms with Crippen LogP contribution >= 0.6 is 34.5 Å². The first-order valence-electron chi connectivity index (χ1n) is 20.2. The number of azo groups is 2. The Morgan fingerprint density at radius 1 is 0.729 bits per heavy atom. The maximum Gasteiger partial charge on any atom is 0.321 e. The molecule has 7 N–H and O–H groups in total. The second-order valence-corrected chi connectivity index (χ2v) is 19.3. The largest absolute Gasteiger partial charge is 0.395 e. The minimum atomic E-state index is -4.74. The molecule has 0 saturated heterocycles. The monoisotopic (exact) mass is 1040 g/mol. The van der Waals surface area contributed by atoms with E-state index in [2.05, 4.69) is 53.5 Å². The molecule has 0 bridgehead atoms. The Kier molecular flexibility index (Phi) is 15.5. The number of anilines is 5. The van der Waals surface area contributed by atoms with Crippen LogP contribution < -0.4 is 16.0 Å². The van der Waals surface area contributed by atoms with E-state index in [4.69, 9.17) is 23.2 Å². The number of aliphatic hydroxyl groups is 2. The van der Waals surface area contributed by atoms with Crippen LogP contribution in [0.25, 0.3) is 21.9 Å². The number of thiophene rings is 1. The van der Waals surface area contributed by atoms with Crippen LogP contribution in [-0.4, -0.2) is 78.4 Å². The van der Waals surface area contributed by atoms with Crippen LogP contribution in [0, 0.1) is 29.6 Å². The van der Waals surface area contributed by atoms with E-state index in [-0.39, 0.29) is 103 Å². The van der Waals surface area contributed by atoms with Crippen molar-refractivity contribution in [3.8, 4) is 23.3 Å². The fourth-order valence-electron chi connectivity index (χ4n) is 6.83. The number of carbonyl (C=O) groups excluding carboxylic acids is 1. The van der Waals surface area contributed by atoms with Crippen molar-refractivity contribution >= 4 is 122 Å². The predicted octanol–water partition coefficient (Wildman–Crippen LogP) is 11.0. The van der Waals surface area contributed by atoms with E-state index < -0.39 is 31.2 Å². The van der Waals surface area contributed by atoms with Gasteiger partial charge in [0, 0.05) is 51.7 Å². The number of pyridine rings is 1. The Morgan fingerprint density at radius 3 is 2.00 bits per heavy atom. The molecule has 0 radical (unpaired) electrons. The van der Waals surface area contributed by atoms with Gasteiger partial charge < -0.3 is 31.1 Å². The van der Waals surface area contributed by atoms with Gasteiger partial charge in [0.15, 0.2) is 16.6 Å². The highest BCUT2D eigenvalue weighted by Gasteiger charge is 2.24. The third-order valence-corrected chi connectivity index (χ3v) is 13.6. The van der Waals surface area contributed by atoms with Crippen molar-refractivity contribution in [3.63, 3.8) is 0 Å². The van der Waals surface area contributed by atoms with Gasteiger partial charge in [-0.15, -0.1) is 20.5 Å². The van der Waals surface area contributed by atoms with Crippen LogP contribution in [0.2, 0.25) is 10.0 Å². The molecular weight excluding hydrogens is 1010 g/mol. The van der Waals surface area contributed by atoms with E-state index in [1.54, 1.807) is 73.7 Å². The lowest BCUT2D eigenvalue weighted by molar-refractivity contribution is 0.167. The summed E-state index contributed by atoms with van der Waals surface area (Å²) in [5.41, 5.74) is 1.96. The van der Waals surface area contributed by atoms with Crippen LogP contribution in [0.15, 0.2) is 133 Å². The van der Waals surface area contributed by atoms with Crippen molar-refractivity contribution in [1.82, 2.24) is 9.88 Å². The van der Waals surface area contributed by atoms with Crippen molar-refractivity contribution in [2.45, 2.75) is 16.7 Å². The molecule has 25 heteroatoms. The summed E-state index contributed by atoms with van der Waals surface area (Å²) in [4.78, 5) is 17.9. The molecule has 0 fully saturated rings. The second-order valence-electron chi connectivity index (χ2n) is 14.7. The normalized spacial score (nSPS) is 11.7. The van der Waals surface area contributed by atoms with Crippen molar-refractivity contribution in [1.29, 1.82) is 10.5 Å². The zero-order valence-electron chi connectivity index (χ0n) is 36.0. The van der Waals surface area contributed by atoms with Gasteiger partial charge in [-0.25, -0.2) is 9.78 Å². The van der Waals surface area contributed by atoms with E-state index in [9.17, 15) is 51.5 Å². The maximum atomic E-state index is 12.9. The van der Waals surface area contributed by atoms with Crippen molar-refractivity contribution in [3.05, 3.63) is 130 Å². The Hall–Kier alpha value is -7.42. The number of nitriles is 2. The van der Waals surface area contributed by atoms with Crippen molar-refractivity contribution < 1.29 is 40.9 Å². The van der Waals surface area contributed by atoms with Crippen LogP contribution in [0.5, 0.6) is 0 Å². The summed E-state index contributed by atoms with van der Waals surface area (Å²) in [5.74, 6) is -0.0108. The zero-order valence-corrected chi connectivity index (χ0v) is 40.0. The number of hydrogen-bond donors (Lipinski definition) is 7. The smallest absolute Gasteiger partial charge is 0.321 e. The highest BCUT2D eigenvalue weighted by atomic mass is 35.5. The molecule has 356 valence electrons. The molecular formula is C45H35Cl2N11O9S3. The average Bonchev–Trinajstić information content (AvgIpc) is 3.68. The number of nitrogens with one attached hydrogen (secondary N) is 3. The van der Waals surface area contributed by atoms with E-state index in [1.807, 2.05) is 0 Å². The zero-order chi connectivity index (χ0) is 50.3. The number of nitrogens with zero attached hydrogens (tertiary/aromatic N) is 8. The number of urea groups is 1. The van der Waals surface area contributed by atoms with Gasteiger partial charge in [0.05, 0.1) is 29.5 Å². The second kappa shape index (κ2) is 21.5. The number of fused-ring (bicyclic) bond motifs is 1. The molecule has 0 unspecified atom stereocenters. The van der Waals surface area contributed by atoms with E-state index >= 15 is 0 Å². The minimum absolute atomic E-state index is 0.0160. The number of aromatic nitrogens is 1. The summed E-state index contributed by atoms with van der Waals surface area (Å²) in [6.07, 6.45) is 0. The van der Waals surface area contributed by atoms with Gasteiger partial charge in [-0.3, -0.25) is 9.11 Å². The van der Waals surface area contributed by atoms with Crippen LogP contribution in [0.3, 0.4) is 0 Å². The number of halogens is 2. The Labute approximate surface area is 413 Å². The molecule has 5 aromatic carbocycles. The molecule has 0 spiro atoms. The molecule has 0 saturated carbocycles. The number of rotatable bonds is 16. The quantitative estimate of drug-likeness (QED) is 0.0350. The van der Waals surface area contributed by atoms with Gasteiger partial charge in [-0.05, 0) is 90.7 Å². The van der Waals surface area contributed by atoms with Gasteiger partial charge in [-0.1, -0.05) is 64.9 Å². The molecule has 0 atom stereocenters. The number of amides is 2. The summed E-state index contributed by atoms with van der Waals surface area (Å²) in [6, 6.07) is 29.2. The average molecular weight is 1040 g/mol. The fourth-order valence-corrected chi connectivity index (χ4v) is 9.58. The summed E-state index contributed by atoms with van der Waals surface area (Å²) in [5, 5.41) is 67.6. The summed E-state index contributed by atoms with van der Waals surface area (Å²) in [6.45, 7) is 0.853. The first kappa shape index (κ1) is 50.5. The molecule has 0 aliphatic carbocycles. The van der Waals surface area contributed by atoms with Crippen LogP contribution in [0.4, 0.5) is 54.9 Å². The Bertz CT molecular complexity index is 3540. The summed E-state index contributed by atoms with van der Waals surface area (Å²) < 4.78 is 68.2. The summed E-state index contributed by atoms with van der Waals surface area (Å²) >= 11 is 13.1. The van der Waals surface area contributed by atoms with Gasteiger partial charge in [0.25, 0.3) is 20.2 Å². The molecule has 7 rings (SSSR count). The molecule has 7 aromatic rings. The van der Waals surface area contributed by atoms with Gasteiger partial charge in [0.1, 0.15) is 38.2 Å². The number of aliphatic hydroxyl groups excluding tert-OH is 2. The van der Waals surface area contributed by atoms with Crippen molar-refractivity contribution in [2.75, 3.05) is 42.3 Å². The predicted molar refractivity (Wildman–Crippen MR) is 264 cm³/mol. The third kappa shape index (κ3) is 11.5. The SMILES string of the molecule is Cc1c(C#N)c(Nc2ccc(Cl)c(S(=O)(=O)O)c2)nc(Nc2ccc(Cl)cc2)c1N=Nc1sc(N=Nc2ccc3cccc(S(=O)(=O)O)c3c2)c(-c2ccc(NC(=O)N(CCO)CCO)cc2)c1C#N. The molecule has 2 heterocycles. The first-order chi connectivity index (χ1) is 33.4. The van der Waals surface area contributed by atoms with Crippen molar-refractivity contribution in [2.24, 2.45) is 20.5 Å². The number of carbonyl (C=O) groups is 1. The van der Waals surface area contributed by atoms with Gasteiger partial charge >= 0.3 is 6.03 Å². The molecule has 20 nitrogen and oxygen atoms in total.